The number of hydrogen-bond donors (Lipinski definition) is 0. The Morgan fingerprint density at radius 2 is 2.00 bits per heavy atom. The van der Waals surface area contributed by atoms with Gasteiger partial charge in [-0.3, -0.25) is 4.39 Å². The van der Waals surface area contributed by atoms with Crippen molar-refractivity contribution in [2.75, 3.05) is 12.6 Å². The molecular formula is C8H16ClF. The molecule has 0 N–H and O–H groups in total. The standard InChI is InChI=1S/C8H16ClF/c1-7(6-10)8(2,3)4-5-9/h7H,4-6H2,1-3H3. The van der Waals surface area contributed by atoms with Gasteiger partial charge in [-0.05, 0) is 17.8 Å². The van der Waals surface area contributed by atoms with Gasteiger partial charge in [-0.25, -0.2) is 0 Å². The van der Waals surface area contributed by atoms with Gasteiger partial charge in [0.1, 0.15) is 0 Å². The van der Waals surface area contributed by atoms with Crippen LogP contribution in [0.5, 0.6) is 0 Å². The molecule has 0 bridgehead atoms. The van der Waals surface area contributed by atoms with E-state index in [0.29, 0.717) is 5.88 Å². The fourth-order valence-corrected chi connectivity index (χ4v) is 1.19. The highest BCUT2D eigenvalue weighted by atomic mass is 35.5. The van der Waals surface area contributed by atoms with Crippen molar-refractivity contribution in [3.8, 4) is 0 Å². The van der Waals surface area contributed by atoms with E-state index < -0.39 is 0 Å². The summed E-state index contributed by atoms with van der Waals surface area (Å²) in [5.41, 5.74) is 0.0521. The van der Waals surface area contributed by atoms with Gasteiger partial charge in [0.2, 0.25) is 0 Å². The van der Waals surface area contributed by atoms with Gasteiger partial charge in [0.05, 0.1) is 6.67 Å². The van der Waals surface area contributed by atoms with Gasteiger partial charge < -0.3 is 0 Å². The third-order valence-corrected chi connectivity index (χ3v) is 2.49. The Morgan fingerprint density at radius 1 is 1.50 bits per heavy atom. The predicted molar refractivity (Wildman–Crippen MR) is 44.3 cm³/mol. The lowest BCUT2D eigenvalue weighted by molar-refractivity contribution is 0.182. The fourth-order valence-electron chi connectivity index (χ4n) is 0.699. The molecule has 0 heterocycles. The monoisotopic (exact) mass is 166 g/mol. The van der Waals surface area contributed by atoms with Crippen molar-refractivity contribution in [3.63, 3.8) is 0 Å². The summed E-state index contributed by atoms with van der Waals surface area (Å²) in [6.07, 6.45) is 0.889. The summed E-state index contributed by atoms with van der Waals surface area (Å²) in [6.45, 7) is 5.79. The summed E-state index contributed by atoms with van der Waals surface area (Å²) in [4.78, 5) is 0. The van der Waals surface area contributed by atoms with Crippen molar-refractivity contribution in [3.05, 3.63) is 0 Å². The van der Waals surface area contributed by atoms with Crippen LogP contribution in [0, 0.1) is 11.3 Å². The minimum absolute atomic E-state index is 0.0521. The summed E-state index contributed by atoms with van der Waals surface area (Å²) in [5, 5.41) is 0. The summed E-state index contributed by atoms with van der Waals surface area (Å²) >= 11 is 5.56. The summed E-state index contributed by atoms with van der Waals surface area (Å²) in [5.74, 6) is 0.739. The minimum atomic E-state index is -0.246. The molecule has 0 radical (unpaired) electrons. The van der Waals surface area contributed by atoms with E-state index >= 15 is 0 Å². The van der Waals surface area contributed by atoms with Crippen LogP contribution in [0.1, 0.15) is 27.2 Å². The lowest BCUT2D eigenvalue weighted by Gasteiger charge is -2.28. The average molecular weight is 167 g/mol. The van der Waals surface area contributed by atoms with Gasteiger partial charge in [0.15, 0.2) is 0 Å². The molecule has 0 aliphatic heterocycles. The smallest absolute Gasteiger partial charge is 0.0925 e. The first-order chi connectivity index (χ1) is 4.54. The molecule has 0 aliphatic rings. The average Bonchev–Trinajstić information content (AvgIpc) is 1.86. The number of halogens is 2. The van der Waals surface area contributed by atoms with Crippen molar-refractivity contribution >= 4 is 11.6 Å². The van der Waals surface area contributed by atoms with Crippen LogP contribution < -0.4 is 0 Å². The normalized spacial score (nSPS) is 15.3. The molecule has 0 amide bonds. The molecule has 0 aromatic heterocycles. The van der Waals surface area contributed by atoms with Crippen LogP contribution in [0.3, 0.4) is 0 Å². The summed E-state index contributed by atoms with van der Waals surface area (Å²) in [7, 11) is 0. The van der Waals surface area contributed by atoms with Gasteiger partial charge in [-0.2, -0.15) is 0 Å². The highest BCUT2D eigenvalue weighted by Crippen LogP contribution is 2.30. The zero-order valence-corrected chi connectivity index (χ0v) is 7.71. The highest BCUT2D eigenvalue weighted by molar-refractivity contribution is 6.17. The van der Waals surface area contributed by atoms with Crippen LogP contribution in [0.2, 0.25) is 0 Å². The van der Waals surface area contributed by atoms with Crippen molar-refractivity contribution in [2.24, 2.45) is 11.3 Å². The van der Waals surface area contributed by atoms with Crippen LogP contribution in [-0.4, -0.2) is 12.6 Å². The van der Waals surface area contributed by atoms with Crippen LogP contribution in [0.15, 0.2) is 0 Å². The molecular weight excluding hydrogens is 151 g/mol. The van der Waals surface area contributed by atoms with E-state index in [1.165, 1.54) is 0 Å². The third kappa shape index (κ3) is 2.87. The lowest BCUT2D eigenvalue weighted by atomic mass is 9.78. The Hall–Kier alpha value is 0.220. The van der Waals surface area contributed by atoms with E-state index in [2.05, 4.69) is 13.8 Å². The van der Waals surface area contributed by atoms with Crippen molar-refractivity contribution in [2.45, 2.75) is 27.2 Å². The number of alkyl halides is 2. The SMILES string of the molecule is CC(CF)C(C)(C)CCCl. The topological polar surface area (TPSA) is 0 Å². The molecule has 0 aromatic rings. The molecule has 62 valence electrons. The van der Waals surface area contributed by atoms with E-state index in [-0.39, 0.29) is 18.0 Å². The maximum absolute atomic E-state index is 12.2. The van der Waals surface area contributed by atoms with Crippen molar-refractivity contribution in [1.29, 1.82) is 0 Å². The zero-order chi connectivity index (χ0) is 8.20. The molecule has 0 aromatic carbocycles. The van der Waals surface area contributed by atoms with E-state index in [4.69, 9.17) is 11.6 Å². The van der Waals surface area contributed by atoms with Crippen LogP contribution >= 0.6 is 11.6 Å². The predicted octanol–water partition coefficient (Wildman–Crippen LogP) is 3.25. The van der Waals surface area contributed by atoms with E-state index in [0.717, 1.165) is 6.42 Å². The molecule has 2 heteroatoms. The molecule has 0 rings (SSSR count). The molecule has 10 heavy (non-hydrogen) atoms. The van der Waals surface area contributed by atoms with Crippen LogP contribution in [-0.2, 0) is 0 Å². The molecule has 0 fully saturated rings. The first-order valence-electron chi connectivity index (χ1n) is 3.66. The highest BCUT2D eigenvalue weighted by Gasteiger charge is 2.24. The van der Waals surface area contributed by atoms with E-state index in [1.54, 1.807) is 0 Å². The molecule has 0 saturated carbocycles. The first kappa shape index (κ1) is 10.2. The third-order valence-electron chi connectivity index (χ3n) is 2.30. The van der Waals surface area contributed by atoms with Gasteiger partial charge in [0.25, 0.3) is 0 Å². The number of hydrogen-bond acceptors (Lipinski definition) is 0. The zero-order valence-electron chi connectivity index (χ0n) is 6.95. The maximum Gasteiger partial charge on any atom is 0.0925 e. The van der Waals surface area contributed by atoms with Gasteiger partial charge in [-0.15, -0.1) is 11.6 Å². The first-order valence-corrected chi connectivity index (χ1v) is 4.20. The summed E-state index contributed by atoms with van der Waals surface area (Å²) < 4.78 is 12.2. The molecule has 0 saturated heterocycles. The van der Waals surface area contributed by atoms with Gasteiger partial charge in [0, 0.05) is 5.88 Å². The van der Waals surface area contributed by atoms with E-state index in [1.807, 2.05) is 6.92 Å². The van der Waals surface area contributed by atoms with Crippen molar-refractivity contribution in [1.82, 2.24) is 0 Å². The molecule has 1 unspecified atom stereocenters. The second-order valence-electron chi connectivity index (χ2n) is 3.48. The quantitative estimate of drug-likeness (QED) is 0.563. The fraction of sp³-hybridized carbons (Fsp3) is 1.00. The Kier molecular flexibility index (Phi) is 4.26. The van der Waals surface area contributed by atoms with Gasteiger partial charge >= 0.3 is 0 Å². The second kappa shape index (κ2) is 4.17. The summed E-state index contributed by atoms with van der Waals surface area (Å²) in [6, 6.07) is 0. The van der Waals surface area contributed by atoms with Crippen LogP contribution in [0.4, 0.5) is 4.39 Å². The Bertz CT molecular complexity index is 91.3. The molecule has 0 spiro atoms. The minimum Gasteiger partial charge on any atom is -0.251 e. The second-order valence-corrected chi connectivity index (χ2v) is 3.86. The van der Waals surface area contributed by atoms with Crippen LogP contribution in [0.25, 0.3) is 0 Å². The number of rotatable bonds is 4. The van der Waals surface area contributed by atoms with Gasteiger partial charge in [-0.1, -0.05) is 20.8 Å². The molecule has 0 nitrogen and oxygen atoms in total. The largest absolute Gasteiger partial charge is 0.251 e. The Balaban J connectivity index is 3.82. The lowest BCUT2D eigenvalue weighted by Crippen LogP contribution is -2.23. The maximum atomic E-state index is 12.2. The van der Waals surface area contributed by atoms with E-state index in [9.17, 15) is 4.39 Å². The van der Waals surface area contributed by atoms with Crippen molar-refractivity contribution < 1.29 is 4.39 Å². The Morgan fingerprint density at radius 3 is 2.30 bits per heavy atom. The molecule has 1 atom stereocenters. The molecule has 0 aliphatic carbocycles. The Labute approximate surface area is 67.8 Å².